The number of urea groups is 1. The molecule has 3 atom stereocenters. The summed E-state index contributed by atoms with van der Waals surface area (Å²) >= 11 is 0. The Hall–Kier alpha value is -4.79. The van der Waals surface area contributed by atoms with Gasteiger partial charge in [0.05, 0.1) is 18.8 Å². The van der Waals surface area contributed by atoms with Crippen LogP contribution in [-0.4, -0.2) is 35.7 Å². The molecule has 0 bridgehead atoms. The predicted molar refractivity (Wildman–Crippen MR) is 189 cm³/mol. The third-order valence-electron chi connectivity index (χ3n) is 8.67. The Bertz CT molecular complexity index is 1730. The number of hydrogen-bond donors (Lipinski definition) is 3. The zero-order valence-corrected chi connectivity index (χ0v) is 27.3. The van der Waals surface area contributed by atoms with Crippen LogP contribution in [-0.2, 0) is 35.7 Å². The van der Waals surface area contributed by atoms with E-state index in [1.165, 1.54) is 5.56 Å². The molecule has 0 unspecified atom stereocenters. The van der Waals surface area contributed by atoms with Crippen molar-refractivity contribution >= 4 is 6.03 Å². The largest absolute Gasteiger partial charge is 0.392 e. The van der Waals surface area contributed by atoms with Crippen molar-refractivity contribution in [3.05, 3.63) is 167 Å². The Balaban J connectivity index is 1.14. The number of nitrogens with one attached hydrogen (secondary N) is 2. The van der Waals surface area contributed by atoms with Gasteiger partial charge in [0.15, 0.2) is 6.29 Å². The van der Waals surface area contributed by atoms with Crippen LogP contribution in [0, 0.1) is 0 Å². The van der Waals surface area contributed by atoms with E-state index in [9.17, 15) is 9.90 Å². The molecule has 5 aromatic rings. The van der Waals surface area contributed by atoms with E-state index in [1.54, 1.807) is 0 Å². The SMILES string of the molecule is CN(Cc1ccccc1)C[C@H]1C[C@@H](c2ccc(CO)cc2)O[C@@H](c2ccc(-c3ccccc3CNC(=O)NCc3ccccc3)cc2)O1. The van der Waals surface area contributed by atoms with Crippen molar-refractivity contribution in [3.8, 4) is 11.1 Å². The van der Waals surface area contributed by atoms with Crippen LogP contribution in [0.1, 0.15) is 52.2 Å². The second-order valence-corrected chi connectivity index (χ2v) is 12.3. The summed E-state index contributed by atoms with van der Waals surface area (Å²) in [5, 5.41) is 15.5. The van der Waals surface area contributed by atoms with Gasteiger partial charge in [0, 0.05) is 38.2 Å². The molecule has 7 nitrogen and oxygen atoms in total. The first-order chi connectivity index (χ1) is 23.5. The van der Waals surface area contributed by atoms with Crippen LogP contribution < -0.4 is 10.6 Å². The van der Waals surface area contributed by atoms with Gasteiger partial charge >= 0.3 is 6.03 Å². The average molecular weight is 642 g/mol. The van der Waals surface area contributed by atoms with E-state index >= 15 is 0 Å². The molecule has 0 aromatic heterocycles. The molecular weight excluding hydrogens is 598 g/mol. The monoisotopic (exact) mass is 641 g/mol. The number of carbonyl (C=O) groups is 1. The Kier molecular flexibility index (Phi) is 11.3. The molecule has 0 saturated carbocycles. The molecule has 3 N–H and O–H groups in total. The molecule has 1 heterocycles. The summed E-state index contributed by atoms with van der Waals surface area (Å²) in [6.07, 6.45) is 0.00664. The molecule has 7 heteroatoms. The number of carbonyl (C=O) groups excluding carboxylic acids is 1. The Morgan fingerprint density at radius 3 is 2.04 bits per heavy atom. The summed E-state index contributed by atoms with van der Waals surface area (Å²) < 4.78 is 13.2. The number of benzene rings is 5. The van der Waals surface area contributed by atoms with Gasteiger partial charge in [-0.15, -0.1) is 0 Å². The predicted octanol–water partition coefficient (Wildman–Crippen LogP) is 7.52. The van der Waals surface area contributed by atoms with Crippen molar-refractivity contribution in [2.45, 2.75) is 51.2 Å². The maximum Gasteiger partial charge on any atom is 0.315 e. The van der Waals surface area contributed by atoms with Gasteiger partial charge in [0.25, 0.3) is 0 Å². The highest BCUT2D eigenvalue weighted by molar-refractivity contribution is 5.75. The summed E-state index contributed by atoms with van der Waals surface area (Å²) in [5.74, 6) is 0. The Morgan fingerprint density at radius 2 is 1.33 bits per heavy atom. The standard InChI is InChI=1S/C41H43N3O4/c1-44(27-31-12-6-3-7-13-31)28-37-24-39(34-18-16-32(29-45)17-19-34)48-40(47-37)35-22-20-33(21-23-35)38-15-9-8-14-36(38)26-43-41(46)42-25-30-10-4-2-5-11-30/h2-23,37,39-40,45H,24-29H2,1H3,(H2,42,43,46)/t37-,39+,40+/m1/s1. The second kappa shape index (κ2) is 16.4. The lowest BCUT2D eigenvalue weighted by Gasteiger charge is -2.38. The molecule has 6 rings (SSSR count). The molecule has 0 radical (unpaired) electrons. The second-order valence-electron chi connectivity index (χ2n) is 12.3. The van der Waals surface area contributed by atoms with Gasteiger partial charge in [-0.05, 0) is 46.0 Å². The normalized spacial score (nSPS) is 17.6. The van der Waals surface area contributed by atoms with E-state index in [-0.39, 0.29) is 24.8 Å². The fourth-order valence-electron chi connectivity index (χ4n) is 6.13. The van der Waals surface area contributed by atoms with Crippen molar-refractivity contribution < 1.29 is 19.4 Å². The molecule has 5 aromatic carbocycles. The molecule has 0 aliphatic carbocycles. The van der Waals surface area contributed by atoms with E-state index in [2.05, 4.69) is 77.2 Å². The zero-order chi connectivity index (χ0) is 33.1. The van der Waals surface area contributed by atoms with Crippen LogP contribution in [0.15, 0.2) is 133 Å². The summed E-state index contributed by atoms with van der Waals surface area (Å²) in [6, 6.07) is 44.5. The van der Waals surface area contributed by atoms with Crippen molar-refractivity contribution in [1.82, 2.24) is 15.5 Å². The third kappa shape index (κ3) is 8.97. The van der Waals surface area contributed by atoms with Gasteiger partial charge in [-0.25, -0.2) is 4.79 Å². The van der Waals surface area contributed by atoms with Crippen LogP contribution in [0.4, 0.5) is 4.79 Å². The number of rotatable bonds is 12. The highest BCUT2D eigenvalue weighted by atomic mass is 16.7. The molecule has 1 fully saturated rings. The van der Waals surface area contributed by atoms with Crippen molar-refractivity contribution in [3.63, 3.8) is 0 Å². The first-order valence-electron chi connectivity index (χ1n) is 16.5. The molecular formula is C41H43N3O4. The molecule has 2 amide bonds. The lowest BCUT2D eigenvalue weighted by molar-refractivity contribution is -0.252. The van der Waals surface area contributed by atoms with Crippen LogP contribution in [0.2, 0.25) is 0 Å². The fraction of sp³-hybridized carbons (Fsp3) is 0.244. The summed E-state index contributed by atoms with van der Waals surface area (Å²) in [7, 11) is 2.12. The number of ether oxygens (including phenoxy) is 2. The Morgan fingerprint density at radius 1 is 0.708 bits per heavy atom. The molecule has 1 saturated heterocycles. The van der Waals surface area contributed by atoms with Crippen LogP contribution >= 0.6 is 0 Å². The molecule has 0 spiro atoms. The van der Waals surface area contributed by atoms with Gasteiger partial charge in [-0.2, -0.15) is 0 Å². The maximum atomic E-state index is 12.5. The summed E-state index contributed by atoms with van der Waals surface area (Å²) in [6.45, 7) is 2.48. The zero-order valence-electron chi connectivity index (χ0n) is 27.3. The topological polar surface area (TPSA) is 83.1 Å². The van der Waals surface area contributed by atoms with E-state index in [0.29, 0.717) is 13.1 Å². The quantitative estimate of drug-likeness (QED) is 0.131. The highest BCUT2D eigenvalue weighted by Crippen LogP contribution is 2.39. The lowest BCUT2D eigenvalue weighted by atomic mass is 9.97. The number of likely N-dealkylation sites (N-methyl/N-ethyl adjacent to an activating group) is 1. The highest BCUT2D eigenvalue weighted by Gasteiger charge is 2.32. The minimum Gasteiger partial charge on any atom is -0.392 e. The van der Waals surface area contributed by atoms with E-state index in [0.717, 1.165) is 58.5 Å². The van der Waals surface area contributed by atoms with E-state index < -0.39 is 6.29 Å². The Labute approximate surface area is 283 Å². The average Bonchev–Trinajstić information content (AvgIpc) is 3.14. The number of aliphatic hydroxyl groups excluding tert-OH is 1. The summed E-state index contributed by atoms with van der Waals surface area (Å²) in [4.78, 5) is 14.8. The van der Waals surface area contributed by atoms with Gasteiger partial charge in [-0.3, -0.25) is 4.90 Å². The molecule has 1 aliphatic rings. The fourth-order valence-corrected chi connectivity index (χ4v) is 6.13. The third-order valence-corrected chi connectivity index (χ3v) is 8.67. The van der Waals surface area contributed by atoms with Gasteiger partial charge in [-0.1, -0.05) is 133 Å². The van der Waals surface area contributed by atoms with Gasteiger partial charge < -0.3 is 25.2 Å². The first-order valence-corrected chi connectivity index (χ1v) is 16.5. The number of nitrogens with zero attached hydrogens (tertiary/aromatic N) is 1. The van der Waals surface area contributed by atoms with E-state index in [1.807, 2.05) is 78.9 Å². The molecule has 246 valence electrons. The lowest BCUT2D eigenvalue weighted by Crippen LogP contribution is -2.37. The number of amides is 2. The number of aliphatic hydroxyl groups is 1. The van der Waals surface area contributed by atoms with Crippen LogP contribution in [0.5, 0.6) is 0 Å². The van der Waals surface area contributed by atoms with Crippen molar-refractivity contribution in [2.75, 3.05) is 13.6 Å². The van der Waals surface area contributed by atoms with Gasteiger partial charge in [0.1, 0.15) is 0 Å². The van der Waals surface area contributed by atoms with Crippen molar-refractivity contribution in [1.29, 1.82) is 0 Å². The minimum atomic E-state index is -0.532. The number of hydrogen-bond acceptors (Lipinski definition) is 5. The maximum absolute atomic E-state index is 12.5. The van der Waals surface area contributed by atoms with Gasteiger partial charge in [0.2, 0.25) is 0 Å². The van der Waals surface area contributed by atoms with Crippen LogP contribution in [0.3, 0.4) is 0 Å². The minimum absolute atomic E-state index is 0.0113. The smallest absolute Gasteiger partial charge is 0.315 e. The molecule has 48 heavy (non-hydrogen) atoms. The first kappa shape index (κ1) is 33.1. The molecule has 1 aliphatic heterocycles. The summed E-state index contributed by atoms with van der Waals surface area (Å²) in [5.41, 5.74) is 8.34. The van der Waals surface area contributed by atoms with Crippen LogP contribution in [0.25, 0.3) is 11.1 Å². The van der Waals surface area contributed by atoms with E-state index in [4.69, 9.17) is 9.47 Å². The van der Waals surface area contributed by atoms with Crippen molar-refractivity contribution in [2.24, 2.45) is 0 Å².